The van der Waals surface area contributed by atoms with Crippen LogP contribution in [0.15, 0.2) is 24.3 Å². The second-order valence-corrected chi connectivity index (χ2v) is 3.75. The Morgan fingerprint density at radius 2 is 2.17 bits per heavy atom. The number of nitrogens with one attached hydrogen (secondary N) is 2. The van der Waals surface area contributed by atoms with Crippen LogP contribution in [-0.2, 0) is 11.3 Å². The lowest BCUT2D eigenvalue weighted by Gasteiger charge is -2.11. The predicted molar refractivity (Wildman–Crippen MR) is 70.5 cm³/mol. The van der Waals surface area contributed by atoms with Crippen molar-refractivity contribution >= 4 is 11.7 Å². The molecule has 0 fully saturated rings. The van der Waals surface area contributed by atoms with Gasteiger partial charge in [-0.1, -0.05) is 18.2 Å². The summed E-state index contributed by atoms with van der Waals surface area (Å²) in [5, 5.41) is 14.1. The molecule has 0 bridgehead atoms. The van der Waals surface area contributed by atoms with Crippen LogP contribution >= 0.6 is 0 Å². The van der Waals surface area contributed by atoms with E-state index in [2.05, 4.69) is 10.6 Å². The average Bonchev–Trinajstić information content (AvgIpc) is 2.38. The number of para-hydroxylation sites is 1. The van der Waals surface area contributed by atoms with E-state index in [0.29, 0.717) is 26.2 Å². The van der Waals surface area contributed by atoms with Crippen LogP contribution in [0.3, 0.4) is 0 Å². The number of hydrogen-bond acceptors (Lipinski definition) is 3. The van der Waals surface area contributed by atoms with Crippen molar-refractivity contribution < 1.29 is 14.6 Å². The Bertz CT molecular complexity index is 369. The van der Waals surface area contributed by atoms with Crippen molar-refractivity contribution in [3.63, 3.8) is 0 Å². The molecular formula is C13H20N2O3. The van der Waals surface area contributed by atoms with Crippen molar-refractivity contribution in [2.24, 2.45) is 0 Å². The molecule has 0 atom stereocenters. The summed E-state index contributed by atoms with van der Waals surface area (Å²) in [6.07, 6.45) is 0.550. The van der Waals surface area contributed by atoms with Gasteiger partial charge in [-0.3, -0.25) is 0 Å². The third kappa shape index (κ3) is 5.16. The lowest BCUT2D eigenvalue weighted by Crippen LogP contribution is -2.30. The third-order valence-corrected chi connectivity index (χ3v) is 2.35. The van der Waals surface area contributed by atoms with Gasteiger partial charge in [-0.05, 0) is 19.4 Å². The van der Waals surface area contributed by atoms with E-state index in [1.54, 1.807) is 0 Å². The third-order valence-electron chi connectivity index (χ3n) is 2.35. The number of aliphatic hydroxyl groups is 1. The van der Waals surface area contributed by atoms with Crippen LogP contribution < -0.4 is 10.6 Å². The number of anilines is 1. The largest absolute Gasteiger partial charge is 0.396 e. The molecule has 0 radical (unpaired) electrons. The summed E-state index contributed by atoms with van der Waals surface area (Å²) >= 11 is 0. The number of ether oxygens (including phenoxy) is 1. The molecule has 0 heterocycles. The first-order valence-electron chi connectivity index (χ1n) is 6.09. The molecule has 2 amide bonds. The first kappa shape index (κ1) is 14.5. The highest BCUT2D eigenvalue weighted by molar-refractivity contribution is 5.90. The van der Waals surface area contributed by atoms with Gasteiger partial charge in [0.15, 0.2) is 0 Å². The second-order valence-electron chi connectivity index (χ2n) is 3.75. The fourth-order valence-electron chi connectivity index (χ4n) is 1.43. The maximum atomic E-state index is 11.6. The molecule has 0 aromatic heterocycles. The molecule has 0 spiro atoms. The molecule has 1 aromatic rings. The lowest BCUT2D eigenvalue weighted by molar-refractivity contribution is 0.134. The summed E-state index contributed by atoms with van der Waals surface area (Å²) in [5.74, 6) is 0. The van der Waals surface area contributed by atoms with Crippen molar-refractivity contribution in [1.29, 1.82) is 0 Å². The van der Waals surface area contributed by atoms with Crippen molar-refractivity contribution in [2.45, 2.75) is 20.0 Å². The minimum Gasteiger partial charge on any atom is -0.396 e. The number of carbonyl (C=O) groups excluding carboxylic acids is 1. The van der Waals surface area contributed by atoms with Gasteiger partial charge >= 0.3 is 6.03 Å². The topological polar surface area (TPSA) is 70.6 Å². The monoisotopic (exact) mass is 252 g/mol. The minimum atomic E-state index is -0.271. The van der Waals surface area contributed by atoms with Crippen LogP contribution in [0.2, 0.25) is 0 Å². The molecule has 0 saturated carbocycles. The molecule has 0 saturated heterocycles. The zero-order valence-corrected chi connectivity index (χ0v) is 10.6. The van der Waals surface area contributed by atoms with Gasteiger partial charge in [0.1, 0.15) is 0 Å². The maximum absolute atomic E-state index is 11.6. The summed E-state index contributed by atoms with van der Waals surface area (Å²) in [7, 11) is 0. The Morgan fingerprint density at radius 3 is 2.89 bits per heavy atom. The minimum absolute atomic E-state index is 0.0706. The fraction of sp³-hybridized carbons (Fsp3) is 0.462. The van der Waals surface area contributed by atoms with Gasteiger partial charge in [0.25, 0.3) is 0 Å². The van der Waals surface area contributed by atoms with Crippen molar-refractivity contribution in [1.82, 2.24) is 5.32 Å². The second kappa shape index (κ2) is 8.49. The number of hydrogen-bond donors (Lipinski definition) is 3. The lowest BCUT2D eigenvalue weighted by atomic mass is 10.2. The molecule has 100 valence electrons. The Kier molecular flexibility index (Phi) is 6.83. The average molecular weight is 252 g/mol. The van der Waals surface area contributed by atoms with E-state index in [4.69, 9.17) is 9.84 Å². The summed E-state index contributed by atoms with van der Waals surface area (Å²) in [5.41, 5.74) is 1.68. The van der Waals surface area contributed by atoms with Gasteiger partial charge < -0.3 is 20.5 Å². The highest BCUT2D eigenvalue weighted by Crippen LogP contribution is 2.15. The zero-order valence-electron chi connectivity index (χ0n) is 10.6. The van der Waals surface area contributed by atoms with Crippen molar-refractivity contribution in [2.75, 3.05) is 25.1 Å². The summed E-state index contributed by atoms with van der Waals surface area (Å²) < 4.78 is 5.34. The van der Waals surface area contributed by atoms with Gasteiger partial charge in [-0.25, -0.2) is 4.79 Å². The van der Waals surface area contributed by atoms with Crippen LogP contribution in [0, 0.1) is 0 Å². The molecule has 0 aliphatic carbocycles. The molecule has 5 heteroatoms. The molecule has 5 nitrogen and oxygen atoms in total. The van der Waals surface area contributed by atoms with Crippen molar-refractivity contribution in [3.8, 4) is 0 Å². The molecule has 1 rings (SSSR count). The summed E-state index contributed by atoms with van der Waals surface area (Å²) in [6.45, 7) is 3.56. The van der Waals surface area contributed by atoms with Gasteiger partial charge in [-0.2, -0.15) is 0 Å². The molecule has 0 aliphatic heterocycles. The first-order valence-corrected chi connectivity index (χ1v) is 6.09. The number of rotatable bonds is 7. The number of carbonyl (C=O) groups is 1. The van der Waals surface area contributed by atoms with Gasteiger partial charge in [0, 0.05) is 31.0 Å². The zero-order chi connectivity index (χ0) is 13.2. The summed E-state index contributed by atoms with van der Waals surface area (Å²) in [6, 6.07) is 7.24. The van der Waals surface area contributed by atoms with Gasteiger partial charge in [0.2, 0.25) is 0 Å². The van der Waals surface area contributed by atoms with E-state index >= 15 is 0 Å². The smallest absolute Gasteiger partial charge is 0.319 e. The Labute approximate surface area is 107 Å². The number of benzene rings is 1. The number of aliphatic hydroxyl groups excluding tert-OH is 1. The highest BCUT2D eigenvalue weighted by atomic mass is 16.5. The highest BCUT2D eigenvalue weighted by Gasteiger charge is 2.05. The SMILES string of the molecule is CCOCc1ccccc1NC(=O)NCCCO. The van der Waals surface area contributed by atoms with E-state index in [1.807, 2.05) is 31.2 Å². The number of urea groups is 1. The molecule has 3 N–H and O–H groups in total. The van der Waals surface area contributed by atoms with Crippen molar-refractivity contribution in [3.05, 3.63) is 29.8 Å². The van der Waals surface area contributed by atoms with E-state index in [1.165, 1.54) is 0 Å². The van der Waals surface area contributed by atoms with E-state index < -0.39 is 0 Å². The summed E-state index contributed by atoms with van der Waals surface area (Å²) in [4.78, 5) is 11.6. The Balaban J connectivity index is 2.51. The molecular weight excluding hydrogens is 232 g/mol. The fourth-order valence-corrected chi connectivity index (χ4v) is 1.43. The van der Waals surface area contributed by atoms with E-state index in [-0.39, 0.29) is 12.6 Å². The Hall–Kier alpha value is -1.59. The van der Waals surface area contributed by atoms with E-state index in [0.717, 1.165) is 11.3 Å². The predicted octanol–water partition coefficient (Wildman–Crippen LogP) is 1.73. The van der Waals surface area contributed by atoms with Crippen LogP contribution in [0.1, 0.15) is 18.9 Å². The van der Waals surface area contributed by atoms with Crippen LogP contribution in [0.4, 0.5) is 10.5 Å². The standard InChI is InChI=1S/C13H20N2O3/c1-2-18-10-11-6-3-4-7-12(11)15-13(17)14-8-5-9-16/h3-4,6-7,16H,2,5,8-10H2,1H3,(H2,14,15,17). The van der Waals surface area contributed by atoms with E-state index in [9.17, 15) is 4.79 Å². The Morgan fingerprint density at radius 1 is 1.39 bits per heavy atom. The van der Waals surface area contributed by atoms with Gasteiger partial charge in [-0.15, -0.1) is 0 Å². The molecule has 18 heavy (non-hydrogen) atoms. The molecule has 0 unspecified atom stereocenters. The van der Waals surface area contributed by atoms with Crippen LogP contribution in [0.5, 0.6) is 0 Å². The molecule has 1 aromatic carbocycles. The molecule has 0 aliphatic rings. The van der Waals surface area contributed by atoms with Crippen LogP contribution in [0.25, 0.3) is 0 Å². The maximum Gasteiger partial charge on any atom is 0.319 e. The first-order chi connectivity index (χ1) is 8.77. The quantitative estimate of drug-likeness (QED) is 0.647. The van der Waals surface area contributed by atoms with Gasteiger partial charge in [0.05, 0.1) is 6.61 Å². The van der Waals surface area contributed by atoms with Crippen LogP contribution in [-0.4, -0.2) is 30.9 Å². The number of amides is 2. The normalized spacial score (nSPS) is 10.1.